The van der Waals surface area contributed by atoms with Crippen molar-refractivity contribution in [1.29, 1.82) is 5.26 Å². The second-order valence-electron chi connectivity index (χ2n) is 9.39. The normalized spacial score (nSPS) is 23.5. The Balaban J connectivity index is 1.31. The molecule has 9 heteroatoms. The Morgan fingerprint density at radius 1 is 1.21 bits per heavy atom. The van der Waals surface area contributed by atoms with Crippen LogP contribution < -0.4 is 16.0 Å². The zero-order valence-electron chi connectivity index (χ0n) is 19.6. The Morgan fingerprint density at radius 2 is 1.91 bits per heavy atom. The molecule has 0 spiro atoms. The van der Waals surface area contributed by atoms with Crippen molar-refractivity contribution < 1.29 is 4.79 Å². The summed E-state index contributed by atoms with van der Waals surface area (Å²) in [6.45, 7) is 5.73. The average molecular weight is 459 g/mol. The van der Waals surface area contributed by atoms with Crippen molar-refractivity contribution in [3.63, 3.8) is 0 Å². The monoisotopic (exact) mass is 458 g/mol. The molecule has 1 amide bonds. The van der Waals surface area contributed by atoms with Gasteiger partial charge in [0.05, 0.1) is 12.1 Å². The highest BCUT2D eigenvalue weighted by Crippen LogP contribution is 2.51. The highest BCUT2D eigenvalue weighted by Gasteiger charge is 2.57. The number of carbonyl (C=O) groups excluding carboxylic acids is 1. The molecule has 3 aromatic rings. The Labute approximate surface area is 199 Å². The smallest absolute Gasteiger partial charge is 0.245 e. The van der Waals surface area contributed by atoms with Gasteiger partial charge in [-0.15, -0.1) is 5.10 Å². The minimum atomic E-state index is -0.856. The van der Waals surface area contributed by atoms with Gasteiger partial charge >= 0.3 is 0 Å². The first-order valence-electron chi connectivity index (χ1n) is 11.8. The molecular weight excluding hydrogens is 428 g/mol. The third kappa shape index (κ3) is 4.11. The van der Waals surface area contributed by atoms with Crippen LogP contribution in [0.3, 0.4) is 0 Å². The number of nitrogens with two attached hydrogens (primary N) is 1. The first kappa shape index (κ1) is 22.3. The van der Waals surface area contributed by atoms with Crippen LogP contribution in [0.25, 0.3) is 16.8 Å². The molecule has 9 nitrogen and oxygen atoms in total. The third-order valence-corrected chi connectivity index (χ3v) is 7.04. The van der Waals surface area contributed by atoms with Crippen LogP contribution in [0, 0.1) is 11.3 Å². The van der Waals surface area contributed by atoms with Gasteiger partial charge in [0.25, 0.3) is 0 Å². The Hall–Kier alpha value is -3.48. The van der Waals surface area contributed by atoms with E-state index < -0.39 is 11.6 Å². The van der Waals surface area contributed by atoms with E-state index in [-0.39, 0.29) is 11.8 Å². The van der Waals surface area contributed by atoms with Gasteiger partial charge in [0.1, 0.15) is 5.54 Å². The van der Waals surface area contributed by atoms with Crippen LogP contribution in [0.4, 0.5) is 5.95 Å². The van der Waals surface area contributed by atoms with Gasteiger partial charge in [0, 0.05) is 43.9 Å². The number of hydrogen-bond acceptors (Lipinski definition) is 7. The van der Waals surface area contributed by atoms with Crippen molar-refractivity contribution in [2.45, 2.75) is 37.3 Å². The quantitative estimate of drug-likeness (QED) is 0.578. The van der Waals surface area contributed by atoms with Crippen molar-refractivity contribution >= 4 is 17.5 Å². The highest BCUT2D eigenvalue weighted by atomic mass is 16.2. The number of nitrogens with zero attached hydrogens (tertiary/aromatic N) is 6. The summed E-state index contributed by atoms with van der Waals surface area (Å²) in [6.07, 6.45) is 3.14. The molecule has 1 saturated heterocycles. The molecule has 1 aliphatic heterocycles. The summed E-state index contributed by atoms with van der Waals surface area (Å²) in [6, 6.07) is 13.9. The minimum absolute atomic E-state index is 0.0245. The average Bonchev–Trinajstić information content (AvgIpc) is 3.42. The first-order chi connectivity index (χ1) is 16.4. The molecule has 1 saturated carbocycles. The lowest BCUT2D eigenvalue weighted by molar-refractivity contribution is -0.123. The van der Waals surface area contributed by atoms with Crippen LogP contribution in [0.2, 0.25) is 0 Å². The summed E-state index contributed by atoms with van der Waals surface area (Å²) in [5.74, 6) is 0.482. The van der Waals surface area contributed by atoms with Crippen molar-refractivity contribution in [2.24, 2.45) is 5.73 Å². The Bertz CT molecular complexity index is 1240. The molecule has 1 aliphatic carbocycles. The fourth-order valence-electron chi connectivity index (χ4n) is 4.54. The zero-order valence-corrected chi connectivity index (χ0v) is 19.6. The second kappa shape index (κ2) is 8.70. The zero-order chi connectivity index (χ0) is 23.9. The van der Waals surface area contributed by atoms with Crippen molar-refractivity contribution in [3.05, 3.63) is 48.2 Å². The SMILES string of the molecule is CC[C@H](N)C(=O)N[C@]1(C#N)C[C@@H]1c1ccc(-c2ccc3nc(N4CCN(C)CC4)nn3c2)cc1. The van der Waals surface area contributed by atoms with Crippen LogP contribution in [-0.2, 0) is 4.79 Å². The predicted molar refractivity (Wildman–Crippen MR) is 130 cm³/mol. The van der Waals surface area contributed by atoms with E-state index in [9.17, 15) is 10.1 Å². The van der Waals surface area contributed by atoms with E-state index in [4.69, 9.17) is 15.8 Å². The van der Waals surface area contributed by atoms with E-state index in [1.807, 2.05) is 35.8 Å². The minimum Gasteiger partial charge on any atom is -0.337 e. The molecule has 2 aromatic heterocycles. The number of nitrogens with one attached hydrogen (secondary N) is 1. The van der Waals surface area contributed by atoms with Crippen molar-refractivity contribution in [1.82, 2.24) is 24.8 Å². The number of rotatable bonds is 6. The highest BCUT2D eigenvalue weighted by molar-refractivity contribution is 5.83. The molecule has 3 N–H and O–H groups in total. The Kier molecular flexibility index (Phi) is 5.71. The molecule has 2 aliphatic rings. The van der Waals surface area contributed by atoms with Gasteiger partial charge in [-0.3, -0.25) is 4.79 Å². The summed E-state index contributed by atoms with van der Waals surface area (Å²) in [5.41, 5.74) is 8.93. The molecule has 34 heavy (non-hydrogen) atoms. The molecule has 176 valence electrons. The molecule has 3 heterocycles. The van der Waals surface area contributed by atoms with E-state index in [0.717, 1.165) is 54.5 Å². The van der Waals surface area contributed by atoms with Crippen LogP contribution >= 0.6 is 0 Å². The number of piperazine rings is 1. The second-order valence-corrected chi connectivity index (χ2v) is 9.39. The number of nitriles is 1. The van der Waals surface area contributed by atoms with Gasteiger partial charge in [0.15, 0.2) is 5.65 Å². The lowest BCUT2D eigenvalue weighted by Crippen LogP contribution is -2.46. The van der Waals surface area contributed by atoms with Crippen molar-refractivity contribution in [2.75, 3.05) is 38.1 Å². The fourth-order valence-corrected chi connectivity index (χ4v) is 4.54. The number of hydrogen-bond donors (Lipinski definition) is 2. The predicted octanol–water partition coefficient (Wildman–Crippen LogP) is 1.75. The number of carbonyl (C=O) groups is 1. The number of fused-ring (bicyclic) bond motifs is 1. The molecule has 0 bridgehead atoms. The van der Waals surface area contributed by atoms with Gasteiger partial charge in [-0.1, -0.05) is 31.2 Å². The lowest BCUT2D eigenvalue weighted by Gasteiger charge is -2.31. The summed E-state index contributed by atoms with van der Waals surface area (Å²) < 4.78 is 1.84. The molecule has 0 radical (unpaired) electrons. The molecule has 5 rings (SSSR count). The summed E-state index contributed by atoms with van der Waals surface area (Å²) >= 11 is 0. The van der Waals surface area contributed by atoms with Crippen LogP contribution in [0.15, 0.2) is 42.6 Å². The number of pyridine rings is 1. The largest absolute Gasteiger partial charge is 0.337 e. The van der Waals surface area contributed by atoms with Gasteiger partial charge < -0.3 is 20.9 Å². The molecule has 1 aromatic carbocycles. The summed E-state index contributed by atoms with van der Waals surface area (Å²) in [7, 11) is 2.13. The lowest BCUT2D eigenvalue weighted by atomic mass is 10.0. The number of benzene rings is 1. The maximum atomic E-state index is 12.2. The van der Waals surface area contributed by atoms with Crippen LogP contribution in [-0.4, -0.2) is 70.2 Å². The Morgan fingerprint density at radius 3 is 2.59 bits per heavy atom. The fraction of sp³-hybridized carbons (Fsp3) is 0.440. The van der Waals surface area contributed by atoms with Gasteiger partial charge in [-0.05, 0) is 43.1 Å². The molecule has 3 atom stereocenters. The summed E-state index contributed by atoms with van der Waals surface area (Å²) in [4.78, 5) is 21.5. The number of likely N-dealkylation sites (N-methyl/N-ethyl adjacent to an activating group) is 1. The number of amides is 1. The standard InChI is InChI=1S/C25H30N8O/c1-3-21(27)23(34)29-25(16-26)14-20(25)18-6-4-17(5-7-18)19-8-9-22-28-24(30-33(22)15-19)32-12-10-31(2)11-13-32/h4-9,15,20-21H,3,10-14,27H2,1-2H3,(H,29,34)/t20-,21+,25+/m1/s1. The van der Waals surface area contributed by atoms with E-state index in [2.05, 4.69) is 46.4 Å². The van der Waals surface area contributed by atoms with Gasteiger partial charge in [-0.25, -0.2) is 4.52 Å². The third-order valence-electron chi connectivity index (χ3n) is 7.04. The van der Waals surface area contributed by atoms with E-state index in [1.54, 1.807) is 0 Å². The number of anilines is 1. The topological polar surface area (TPSA) is 116 Å². The number of aromatic nitrogens is 3. The first-order valence-corrected chi connectivity index (χ1v) is 11.8. The van der Waals surface area contributed by atoms with Crippen LogP contribution in [0.5, 0.6) is 0 Å². The molecule has 0 unspecified atom stereocenters. The maximum Gasteiger partial charge on any atom is 0.245 e. The van der Waals surface area contributed by atoms with E-state index >= 15 is 0 Å². The van der Waals surface area contributed by atoms with Crippen molar-refractivity contribution in [3.8, 4) is 17.2 Å². The van der Waals surface area contributed by atoms with E-state index in [0.29, 0.717) is 12.8 Å². The summed E-state index contributed by atoms with van der Waals surface area (Å²) in [5, 5.41) is 17.3. The molecule has 2 fully saturated rings. The van der Waals surface area contributed by atoms with Gasteiger partial charge in [0.2, 0.25) is 11.9 Å². The maximum absolute atomic E-state index is 12.2. The van der Waals surface area contributed by atoms with Crippen LogP contribution in [0.1, 0.15) is 31.2 Å². The van der Waals surface area contributed by atoms with E-state index in [1.165, 1.54) is 0 Å². The van der Waals surface area contributed by atoms with Gasteiger partial charge in [-0.2, -0.15) is 10.2 Å². The molecular formula is C25H30N8O.